The van der Waals surface area contributed by atoms with E-state index in [0.29, 0.717) is 41.4 Å². The zero-order valence-corrected chi connectivity index (χ0v) is 18.8. The number of carbonyl (C=O) groups is 2. The van der Waals surface area contributed by atoms with Gasteiger partial charge in [0.05, 0.1) is 25.5 Å². The number of nitrogens with one attached hydrogen (secondary N) is 1. The Balaban J connectivity index is 1.46. The van der Waals surface area contributed by atoms with Crippen LogP contribution in [0.25, 0.3) is 0 Å². The summed E-state index contributed by atoms with van der Waals surface area (Å²) in [5.74, 6) is 0.584. The summed E-state index contributed by atoms with van der Waals surface area (Å²) < 4.78 is 10.5. The highest BCUT2D eigenvalue weighted by molar-refractivity contribution is 6.09. The number of nitrogens with zero attached hydrogens (tertiary/aromatic N) is 2. The standard InChI is InChI=1S/C26H27N3O4/c1-32-23-13-12-19(18-24(23)33-2)25(30)27-22-11-7-6-10-21(22)26(31)29-16-14-28(15-17-29)20-8-4-3-5-9-20/h3-13,18H,14-17H2,1-2H3,(H,27,30). The maximum absolute atomic E-state index is 13.3. The molecule has 1 N–H and O–H groups in total. The molecular formula is C26H27N3O4. The fraction of sp³-hybridized carbons (Fsp3) is 0.231. The van der Waals surface area contributed by atoms with E-state index in [-0.39, 0.29) is 11.8 Å². The summed E-state index contributed by atoms with van der Waals surface area (Å²) in [6.45, 7) is 2.75. The minimum atomic E-state index is -0.329. The Labute approximate surface area is 193 Å². The van der Waals surface area contributed by atoms with Gasteiger partial charge in [-0.05, 0) is 42.5 Å². The van der Waals surface area contributed by atoms with Crippen LogP contribution in [-0.2, 0) is 0 Å². The van der Waals surface area contributed by atoms with Crippen molar-refractivity contribution in [3.05, 3.63) is 83.9 Å². The van der Waals surface area contributed by atoms with Crippen molar-refractivity contribution in [3.8, 4) is 11.5 Å². The van der Waals surface area contributed by atoms with Crippen molar-refractivity contribution in [3.63, 3.8) is 0 Å². The third-order valence-electron chi connectivity index (χ3n) is 5.74. The molecule has 1 aliphatic rings. The Kier molecular flexibility index (Phi) is 6.78. The van der Waals surface area contributed by atoms with E-state index in [9.17, 15) is 9.59 Å². The fourth-order valence-electron chi connectivity index (χ4n) is 3.93. The highest BCUT2D eigenvalue weighted by atomic mass is 16.5. The first-order chi connectivity index (χ1) is 16.1. The number of amides is 2. The van der Waals surface area contributed by atoms with E-state index in [2.05, 4.69) is 22.3 Å². The van der Waals surface area contributed by atoms with Crippen LogP contribution in [0, 0.1) is 0 Å². The molecule has 0 saturated carbocycles. The highest BCUT2D eigenvalue weighted by Crippen LogP contribution is 2.28. The van der Waals surface area contributed by atoms with Gasteiger partial charge in [0.2, 0.25) is 0 Å². The van der Waals surface area contributed by atoms with Crippen LogP contribution in [0.5, 0.6) is 11.5 Å². The number of hydrogen-bond acceptors (Lipinski definition) is 5. The van der Waals surface area contributed by atoms with Crippen molar-refractivity contribution >= 4 is 23.2 Å². The predicted molar refractivity (Wildman–Crippen MR) is 128 cm³/mol. The summed E-state index contributed by atoms with van der Waals surface area (Å²) in [4.78, 5) is 30.3. The lowest BCUT2D eigenvalue weighted by Crippen LogP contribution is -2.48. The SMILES string of the molecule is COc1ccc(C(=O)Nc2ccccc2C(=O)N2CCN(c3ccccc3)CC2)cc1OC. The van der Waals surface area contributed by atoms with Gasteiger partial charge >= 0.3 is 0 Å². The number of hydrogen-bond donors (Lipinski definition) is 1. The molecule has 0 aromatic heterocycles. The van der Waals surface area contributed by atoms with Crippen molar-refractivity contribution in [2.45, 2.75) is 0 Å². The van der Waals surface area contributed by atoms with Gasteiger partial charge in [0.15, 0.2) is 11.5 Å². The molecule has 0 radical (unpaired) electrons. The largest absolute Gasteiger partial charge is 0.493 e. The quantitative estimate of drug-likeness (QED) is 0.623. The normalized spacial score (nSPS) is 13.4. The Bertz CT molecular complexity index is 1130. The predicted octanol–water partition coefficient (Wildman–Crippen LogP) is 3.92. The summed E-state index contributed by atoms with van der Waals surface area (Å²) in [6, 6.07) is 22.2. The van der Waals surface area contributed by atoms with Crippen molar-refractivity contribution in [2.75, 3.05) is 50.6 Å². The van der Waals surface area contributed by atoms with E-state index >= 15 is 0 Å². The van der Waals surface area contributed by atoms with Gasteiger partial charge in [-0.2, -0.15) is 0 Å². The fourth-order valence-corrected chi connectivity index (χ4v) is 3.93. The number of anilines is 2. The summed E-state index contributed by atoms with van der Waals surface area (Å²) in [5.41, 5.74) is 2.52. The number of methoxy groups -OCH3 is 2. The molecular weight excluding hydrogens is 418 g/mol. The summed E-state index contributed by atoms with van der Waals surface area (Å²) >= 11 is 0. The molecule has 4 rings (SSSR count). The Morgan fingerprint density at radius 2 is 1.45 bits per heavy atom. The maximum Gasteiger partial charge on any atom is 0.256 e. The molecule has 0 aliphatic carbocycles. The summed E-state index contributed by atoms with van der Waals surface area (Å²) in [5, 5.41) is 2.88. The zero-order chi connectivity index (χ0) is 23.2. The first-order valence-corrected chi connectivity index (χ1v) is 10.8. The molecule has 3 aromatic rings. The number of piperazine rings is 1. The molecule has 1 aliphatic heterocycles. The first kappa shape index (κ1) is 22.2. The molecule has 33 heavy (non-hydrogen) atoms. The number of para-hydroxylation sites is 2. The average molecular weight is 446 g/mol. The molecule has 0 bridgehead atoms. The molecule has 3 aromatic carbocycles. The minimum Gasteiger partial charge on any atom is -0.493 e. The van der Waals surface area contributed by atoms with Crippen molar-refractivity contribution in [1.29, 1.82) is 0 Å². The number of benzene rings is 3. The molecule has 7 nitrogen and oxygen atoms in total. The average Bonchev–Trinajstić information content (AvgIpc) is 2.88. The third-order valence-corrected chi connectivity index (χ3v) is 5.74. The molecule has 2 amide bonds. The van der Waals surface area contributed by atoms with Crippen LogP contribution in [0.3, 0.4) is 0 Å². The Hall–Kier alpha value is -4.00. The van der Waals surface area contributed by atoms with Crippen molar-refractivity contribution in [1.82, 2.24) is 4.90 Å². The Morgan fingerprint density at radius 1 is 0.788 bits per heavy atom. The molecule has 0 spiro atoms. The second-order valence-electron chi connectivity index (χ2n) is 7.68. The van der Waals surface area contributed by atoms with Crippen molar-refractivity contribution < 1.29 is 19.1 Å². The van der Waals surface area contributed by atoms with Crippen molar-refractivity contribution in [2.24, 2.45) is 0 Å². The van der Waals surface area contributed by atoms with Crippen LogP contribution in [-0.4, -0.2) is 57.1 Å². The lowest BCUT2D eigenvalue weighted by atomic mass is 10.1. The molecule has 1 saturated heterocycles. The van der Waals surface area contributed by atoms with Crippen LogP contribution in [0.4, 0.5) is 11.4 Å². The first-order valence-electron chi connectivity index (χ1n) is 10.8. The lowest BCUT2D eigenvalue weighted by Gasteiger charge is -2.36. The van der Waals surface area contributed by atoms with E-state index in [0.717, 1.165) is 18.8 Å². The maximum atomic E-state index is 13.3. The smallest absolute Gasteiger partial charge is 0.256 e. The van der Waals surface area contributed by atoms with Crippen LogP contribution in [0.2, 0.25) is 0 Å². The van der Waals surface area contributed by atoms with Gasteiger partial charge < -0.3 is 24.6 Å². The second-order valence-corrected chi connectivity index (χ2v) is 7.68. The van der Waals surface area contributed by atoms with E-state index in [1.807, 2.05) is 23.1 Å². The van der Waals surface area contributed by atoms with Gasteiger partial charge in [-0.1, -0.05) is 30.3 Å². The van der Waals surface area contributed by atoms with Gasteiger partial charge in [0.1, 0.15) is 0 Å². The summed E-state index contributed by atoms with van der Waals surface area (Å²) in [6.07, 6.45) is 0. The van der Waals surface area contributed by atoms with Gasteiger partial charge in [0.25, 0.3) is 11.8 Å². The second kappa shape index (κ2) is 10.1. The molecule has 1 fully saturated rings. The lowest BCUT2D eigenvalue weighted by molar-refractivity contribution is 0.0748. The molecule has 170 valence electrons. The van der Waals surface area contributed by atoms with Crippen LogP contribution in [0.15, 0.2) is 72.8 Å². The molecule has 1 heterocycles. The Morgan fingerprint density at radius 3 is 2.15 bits per heavy atom. The third kappa shape index (κ3) is 4.92. The highest BCUT2D eigenvalue weighted by Gasteiger charge is 2.24. The van der Waals surface area contributed by atoms with Gasteiger partial charge in [-0.3, -0.25) is 9.59 Å². The van der Waals surface area contributed by atoms with Gasteiger partial charge in [-0.15, -0.1) is 0 Å². The minimum absolute atomic E-state index is 0.0917. The van der Waals surface area contributed by atoms with Crippen LogP contribution < -0.4 is 19.7 Å². The van der Waals surface area contributed by atoms with Crippen LogP contribution in [0.1, 0.15) is 20.7 Å². The van der Waals surface area contributed by atoms with E-state index < -0.39 is 0 Å². The zero-order valence-electron chi connectivity index (χ0n) is 18.8. The van der Waals surface area contributed by atoms with Gasteiger partial charge in [-0.25, -0.2) is 0 Å². The number of carbonyl (C=O) groups excluding carboxylic acids is 2. The van der Waals surface area contributed by atoms with Crippen LogP contribution >= 0.6 is 0 Å². The van der Waals surface area contributed by atoms with E-state index in [4.69, 9.17) is 9.47 Å². The van der Waals surface area contributed by atoms with Gasteiger partial charge in [0, 0.05) is 37.4 Å². The number of rotatable bonds is 6. The molecule has 7 heteroatoms. The molecule has 0 unspecified atom stereocenters. The number of ether oxygens (including phenoxy) is 2. The molecule has 0 atom stereocenters. The monoisotopic (exact) mass is 445 g/mol. The topological polar surface area (TPSA) is 71.1 Å². The van der Waals surface area contributed by atoms with E-state index in [1.165, 1.54) is 7.11 Å². The van der Waals surface area contributed by atoms with E-state index in [1.54, 1.807) is 49.6 Å². The summed E-state index contributed by atoms with van der Waals surface area (Å²) in [7, 11) is 3.06.